The van der Waals surface area contributed by atoms with Crippen LogP contribution < -0.4 is 20.5 Å². The molecule has 2 aromatic rings. The fourth-order valence-corrected chi connectivity index (χ4v) is 2.56. The lowest BCUT2D eigenvalue weighted by Gasteiger charge is -2.14. The van der Waals surface area contributed by atoms with Crippen molar-refractivity contribution in [3.63, 3.8) is 0 Å². The maximum absolute atomic E-state index is 6.02. The van der Waals surface area contributed by atoms with Crippen molar-refractivity contribution in [1.82, 2.24) is 9.78 Å². The van der Waals surface area contributed by atoms with Gasteiger partial charge in [0.15, 0.2) is 5.96 Å². The van der Waals surface area contributed by atoms with Crippen molar-refractivity contribution in [3.05, 3.63) is 35.7 Å². The molecular formula is C18H27N5O2. The second-order valence-electron chi connectivity index (χ2n) is 6.13. The number of rotatable bonds is 7. The number of aliphatic imine (C=N–C) groups is 1. The molecule has 0 amide bonds. The highest BCUT2D eigenvalue weighted by molar-refractivity contribution is 5.94. The maximum atomic E-state index is 6.02. The molecule has 0 radical (unpaired) electrons. The Balaban J connectivity index is 1.98. The van der Waals surface area contributed by atoms with Crippen LogP contribution in [0.2, 0.25) is 0 Å². The van der Waals surface area contributed by atoms with Crippen LogP contribution in [0.15, 0.2) is 29.3 Å². The zero-order valence-corrected chi connectivity index (χ0v) is 15.5. The molecule has 0 saturated heterocycles. The molecule has 0 aliphatic heterocycles. The van der Waals surface area contributed by atoms with Gasteiger partial charge in [-0.05, 0) is 38.0 Å². The fourth-order valence-electron chi connectivity index (χ4n) is 2.56. The van der Waals surface area contributed by atoms with E-state index >= 15 is 0 Å². The Kier molecular flexibility index (Phi) is 6.27. The van der Waals surface area contributed by atoms with E-state index < -0.39 is 0 Å². The minimum absolute atomic E-state index is 0.311. The van der Waals surface area contributed by atoms with Gasteiger partial charge in [-0.2, -0.15) is 5.10 Å². The highest BCUT2D eigenvalue weighted by atomic mass is 16.5. The number of ether oxygens (including phenoxy) is 2. The van der Waals surface area contributed by atoms with E-state index in [0.29, 0.717) is 35.6 Å². The molecule has 1 aromatic heterocycles. The molecule has 3 N–H and O–H groups in total. The summed E-state index contributed by atoms with van der Waals surface area (Å²) in [6.45, 7) is 7.58. The predicted octanol–water partition coefficient (Wildman–Crippen LogP) is 2.58. The first-order valence-corrected chi connectivity index (χ1v) is 8.23. The van der Waals surface area contributed by atoms with E-state index in [-0.39, 0.29) is 0 Å². The van der Waals surface area contributed by atoms with Gasteiger partial charge in [0, 0.05) is 24.8 Å². The number of nitrogens with two attached hydrogens (primary N) is 1. The van der Waals surface area contributed by atoms with Gasteiger partial charge in [-0.25, -0.2) is 0 Å². The van der Waals surface area contributed by atoms with Crippen LogP contribution in [0.1, 0.15) is 18.3 Å². The third-order valence-corrected chi connectivity index (χ3v) is 3.83. The number of aromatic nitrogens is 2. The Morgan fingerprint density at radius 1 is 1.28 bits per heavy atom. The molecule has 7 nitrogen and oxygen atoms in total. The van der Waals surface area contributed by atoms with Gasteiger partial charge < -0.3 is 20.5 Å². The quantitative estimate of drug-likeness (QED) is 0.595. The maximum Gasteiger partial charge on any atom is 0.193 e. The molecular weight excluding hydrogens is 318 g/mol. The number of benzene rings is 1. The normalized spacial score (nSPS) is 12.8. The van der Waals surface area contributed by atoms with Crippen molar-refractivity contribution in [2.45, 2.75) is 27.3 Å². The van der Waals surface area contributed by atoms with Gasteiger partial charge in [0.2, 0.25) is 0 Å². The average Bonchev–Trinajstić information content (AvgIpc) is 2.90. The molecule has 0 aliphatic carbocycles. The van der Waals surface area contributed by atoms with Gasteiger partial charge in [0.05, 0.1) is 25.6 Å². The Morgan fingerprint density at radius 2 is 2.04 bits per heavy atom. The van der Waals surface area contributed by atoms with E-state index in [0.717, 1.165) is 17.9 Å². The molecule has 0 saturated carbocycles. The number of anilines is 1. The smallest absolute Gasteiger partial charge is 0.193 e. The first kappa shape index (κ1) is 18.6. The number of nitrogens with zero attached hydrogens (tertiary/aromatic N) is 3. The minimum Gasteiger partial charge on any atom is -0.497 e. The van der Waals surface area contributed by atoms with E-state index in [1.54, 1.807) is 14.2 Å². The number of guanidine groups is 1. The van der Waals surface area contributed by atoms with Crippen LogP contribution in [0.4, 0.5) is 5.69 Å². The van der Waals surface area contributed by atoms with Crippen LogP contribution in [0.5, 0.6) is 11.5 Å². The summed E-state index contributed by atoms with van der Waals surface area (Å²) in [6.07, 6.45) is 0. The standard InChI is InChI=1S/C18H27N5O2/c1-12(11-23-14(3)8-13(2)22-23)10-20-18(19)21-16-9-15(24-4)6-7-17(16)25-5/h6-9,12H,10-11H2,1-5H3,(H3,19,20,21). The van der Waals surface area contributed by atoms with Crippen LogP contribution in [0.25, 0.3) is 0 Å². The Hall–Kier alpha value is -2.70. The van der Waals surface area contributed by atoms with Crippen LogP contribution in [0.3, 0.4) is 0 Å². The van der Waals surface area contributed by atoms with E-state index in [9.17, 15) is 0 Å². The summed E-state index contributed by atoms with van der Waals surface area (Å²) in [7, 11) is 3.22. The second kappa shape index (κ2) is 8.41. The number of aryl methyl sites for hydroxylation is 2. The van der Waals surface area contributed by atoms with E-state index in [1.807, 2.05) is 29.8 Å². The first-order chi connectivity index (χ1) is 11.9. The Morgan fingerprint density at radius 3 is 2.64 bits per heavy atom. The summed E-state index contributed by atoms with van der Waals surface area (Å²) >= 11 is 0. The van der Waals surface area contributed by atoms with E-state index in [2.05, 4.69) is 35.3 Å². The lowest BCUT2D eigenvalue weighted by molar-refractivity contribution is 0.405. The molecule has 0 fully saturated rings. The Labute approximate surface area is 148 Å². The molecule has 1 aromatic carbocycles. The average molecular weight is 345 g/mol. The van der Waals surface area contributed by atoms with Crippen LogP contribution in [-0.2, 0) is 6.54 Å². The molecule has 0 aliphatic rings. The van der Waals surface area contributed by atoms with Crippen molar-refractivity contribution < 1.29 is 9.47 Å². The monoisotopic (exact) mass is 345 g/mol. The van der Waals surface area contributed by atoms with Crippen LogP contribution in [-0.4, -0.2) is 36.5 Å². The molecule has 2 rings (SSSR count). The number of methoxy groups -OCH3 is 2. The zero-order chi connectivity index (χ0) is 18.4. The number of nitrogens with one attached hydrogen (secondary N) is 1. The summed E-state index contributed by atoms with van der Waals surface area (Å²) in [4.78, 5) is 4.43. The first-order valence-electron chi connectivity index (χ1n) is 8.23. The summed E-state index contributed by atoms with van der Waals surface area (Å²) < 4.78 is 12.6. The fraction of sp³-hybridized carbons (Fsp3) is 0.444. The third-order valence-electron chi connectivity index (χ3n) is 3.83. The summed E-state index contributed by atoms with van der Waals surface area (Å²) in [6, 6.07) is 7.54. The molecule has 0 bridgehead atoms. The number of hydrogen-bond acceptors (Lipinski definition) is 4. The Bertz CT molecular complexity index is 739. The second-order valence-corrected chi connectivity index (χ2v) is 6.13. The summed E-state index contributed by atoms with van der Waals surface area (Å²) in [5.41, 5.74) is 8.91. The van der Waals surface area contributed by atoms with E-state index in [4.69, 9.17) is 15.2 Å². The number of hydrogen-bond donors (Lipinski definition) is 2. The molecule has 7 heteroatoms. The topological polar surface area (TPSA) is 86.7 Å². The van der Waals surface area contributed by atoms with Crippen molar-refractivity contribution in [3.8, 4) is 11.5 Å². The van der Waals surface area contributed by atoms with Gasteiger partial charge >= 0.3 is 0 Å². The molecule has 136 valence electrons. The zero-order valence-electron chi connectivity index (χ0n) is 15.5. The molecule has 0 spiro atoms. The van der Waals surface area contributed by atoms with Crippen molar-refractivity contribution in [2.24, 2.45) is 16.6 Å². The third kappa shape index (κ3) is 5.14. The summed E-state index contributed by atoms with van der Waals surface area (Å²) in [5, 5.41) is 7.55. The lowest BCUT2D eigenvalue weighted by atomic mass is 10.2. The predicted molar refractivity (Wildman–Crippen MR) is 101 cm³/mol. The lowest BCUT2D eigenvalue weighted by Crippen LogP contribution is -2.24. The van der Waals surface area contributed by atoms with Crippen molar-refractivity contribution in [1.29, 1.82) is 0 Å². The van der Waals surface area contributed by atoms with Gasteiger partial charge in [-0.3, -0.25) is 9.67 Å². The van der Waals surface area contributed by atoms with Gasteiger partial charge in [0.25, 0.3) is 0 Å². The van der Waals surface area contributed by atoms with E-state index in [1.165, 1.54) is 0 Å². The van der Waals surface area contributed by atoms with Crippen LogP contribution in [0, 0.1) is 19.8 Å². The molecule has 1 unspecified atom stereocenters. The van der Waals surface area contributed by atoms with Crippen molar-refractivity contribution in [2.75, 3.05) is 26.1 Å². The van der Waals surface area contributed by atoms with Crippen LogP contribution >= 0.6 is 0 Å². The molecule has 1 atom stereocenters. The highest BCUT2D eigenvalue weighted by Crippen LogP contribution is 2.28. The minimum atomic E-state index is 0.311. The molecule has 1 heterocycles. The largest absolute Gasteiger partial charge is 0.497 e. The van der Waals surface area contributed by atoms with Crippen molar-refractivity contribution >= 4 is 11.6 Å². The SMILES string of the molecule is COc1ccc(OC)c(NC(N)=NCC(C)Cn2nc(C)cc2C)c1. The van der Waals surface area contributed by atoms with Gasteiger partial charge in [0.1, 0.15) is 11.5 Å². The molecule has 25 heavy (non-hydrogen) atoms. The van der Waals surface area contributed by atoms with Gasteiger partial charge in [-0.1, -0.05) is 6.92 Å². The van der Waals surface area contributed by atoms with Gasteiger partial charge in [-0.15, -0.1) is 0 Å². The summed E-state index contributed by atoms with van der Waals surface area (Å²) in [5.74, 6) is 2.04. The highest BCUT2D eigenvalue weighted by Gasteiger charge is 2.09.